The van der Waals surface area contributed by atoms with Crippen molar-refractivity contribution in [2.45, 2.75) is 6.61 Å². The number of benzene rings is 1. The van der Waals surface area contributed by atoms with Gasteiger partial charge in [-0.05, 0) is 12.1 Å². The fourth-order valence-electron chi connectivity index (χ4n) is 2.08. The van der Waals surface area contributed by atoms with Crippen LogP contribution in [0.25, 0.3) is 11.3 Å². The van der Waals surface area contributed by atoms with Crippen molar-refractivity contribution in [1.29, 1.82) is 0 Å². The molecule has 0 aliphatic rings. The lowest BCUT2D eigenvalue weighted by Gasteiger charge is -2.05. The predicted octanol–water partition coefficient (Wildman–Crippen LogP) is 2.51. The zero-order chi connectivity index (χ0) is 17.6. The minimum atomic E-state index is -0.441. The second kappa shape index (κ2) is 7.43. The fourth-order valence-corrected chi connectivity index (χ4v) is 2.08. The van der Waals surface area contributed by atoms with Crippen molar-refractivity contribution in [2.24, 2.45) is 0 Å². The van der Waals surface area contributed by atoms with Gasteiger partial charge in [0.05, 0.1) is 25.3 Å². The number of hydrogen-bond donors (Lipinski definition) is 0. The first-order valence-electron chi connectivity index (χ1n) is 7.34. The van der Waals surface area contributed by atoms with Crippen LogP contribution in [0.3, 0.4) is 0 Å². The lowest BCUT2D eigenvalue weighted by atomic mass is 10.2. The number of methoxy groups -OCH3 is 2. The molecule has 1 aromatic carbocycles. The first-order valence-corrected chi connectivity index (χ1v) is 7.34. The smallest absolute Gasteiger partial charge is 0.338 e. The van der Waals surface area contributed by atoms with E-state index in [4.69, 9.17) is 18.7 Å². The standard InChI is InChI=1S/C17H15N3O5/c1-22-15-13(9-18-17(19-15)23-2)14-8-12(25-20-14)10-24-16(21)11-6-4-3-5-7-11/h3-9H,10H2,1-2H3. The number of esters is 1. The Kier molecular flexibility index (Phi) is 4.89. The summed E-state index contributed by atoms with van der Waals surface area (Å²) < 4.78 is 20.6. The molecule has 3 rings (SSSR count). The number of ether oxygens (including phenoxy) is 3. The molecule has 0 amide bonds. The molecule has 0 saturated heterocycles. The summed E-state index contributed by atoms with van der Waals surface area (Å²) in [6.45, 7) is -0.0416. The lowest BCUT2D eigenvalue weighted by molar-refractivity contribution is 0.0437. The van der Waals surface area contributed by atoms with Crippen LogP contribution >= 0.6 is 0 Å². The van der Waals surface area contributed by atoms with Crippen molar-refractivity contribution in [3.05, 3.63) is 53.9 Å². The van der Waals surface area contributed by atoms with Gasteiger partial charge in [-0.3, -0.25) is 0 Å². The Morgan fingerprint density at radius 3 is 2.68 bits per heavy atom. The summed E-state index contributed by atoms with van der Waals surface area (Å²) in [7, 11) is 2.94. The second-order valence-electron chi connectivity index (χ2n) is 4.90. The molecule has 128 valence electrons. The summed E-state index contributed by atoms with van der Waals surface area (Å²) >= 11 is 0. The van der Waals surface area contributed by atoms with Crippen molar-refractivity contribution >= 4 is 5.97 Å². The molecule has 0 fully saturated rings. The fraction of sp³-hybridized carbons (Fsp3) is 0.176. The van der Waals surface area contributed by atoms with Crippen LogP contribution in [0.4, 0.5) is 0 Å². The van der Waals surface area contributed by atoms with Crippen molar-refractivity contribution in [2.75, 3.05) is 14.2 Å². The average Bonchev–Trinajstić information content (AvgIpc) is 3.15. The maximum atomic E-state index is 11.9. The van der Waals surface area contributed by atoms with Crippen LogP contribution in [0.1, 0.15) is 16.1 Å². The van der Waals surface area contributed by atoms with Crippen molar-refractivity contribution < 1.29 is 23.5 Å². The predicted molar refractivity (Wildman–Crippen MR) is 86.2 cm³/mol. The summed E-state index contributed by atoms with van der Waals surface area (Å²) in [5.74, 6) is 0.244. The van der Waals surface area contributed by atoms with Gasteiger partial charge in [0.1, 0.15) is 5.69 Å². The zero-order valence-corrected chi connectivity index (χ0v) is 13.6. The van der Waals surface area contributed by atoms with Crippen LogP contribution in [-0.4, -0.2) is 35.3 Å². The molecule has 2 aromatic heterocycles. The van der Waals surface area contributed by atoms with Gasteiger partial charge in [-0.15, -0.1) is 0 Å². The number of carbonyl (C=O) groups is 1. The van der Waals surface area contributed by atoms with Crippen LogP contribution in [0.2, 0.25) is 0 Å². The monoisotopic (exact) mass is 341 g/mol. The van der Waals surface area contributed by atoms with Gasteiger partial charge in [-0.1, -0.05) is 23.4 Å². The topological polar surface area (TPSA) is 96.6 Å². The minimum absolute atomic E-state index is 0.0416. The van der Waals surface area contributed by atoms with Gasteiger partial charge in [0, 0.05) is 12.3 Å². The molecule has 25 heavy (non-hydrogen) atoms. The van der Waals surface area contributed by atoms with Crippen LogP contribution in [-0.2, 0) is 11.3 Å². The van der Waals surface area contributed by atoms with Crippen LogP contribution in [0.15, 0.2) is 47.1 Å². The third-order valence-electron chi connectivity index (χ3n) is 3.30. The molecule has 3 aromatic rings. The molecule has 2 heterocycles. The first kappa shape index (κ1) is 16.4. The van der Waals surface area contributed by atoms with E-state index in [9.17, 15) is 4.79 Å². The molecule has 0 atom stereocenters. The SMILES string of the molecule is COc1ncc(-c2cc(COC(=O)c3ccccc3)on2)c(OC)n1. The van der Waals surface area contributed by atoms with E-state index in [2.05, 4.69) is 15.1 Å². The number of nitrogens with zero attached hydrogens (tertiary/aromatic N) is 3. The molecular weight excluding hydrogens is 326 g/mol. The highest BCUT2D eigenvalue weighted by Crippen LogP contribution is 2.28. The van der Waals surface area contributed by atoms with Gasteiger partial charge < -0.3 is 18.7 Å². The van der Waals surface area contributed by atoms with E-state index in [1.165, 1.54) is 20.4 Å². The first-order chi connectivity index (χ1) is 12.2. The Morgan fingerprint density at radius 2 is 1.96 bits per heavy atom. The Labute approximate surface area is 143 Å². The van der Waals surface area contributed by atoms with E-state index in [1.807, 2.05) is 6.07 Å². The van der Waals surface area contributed by atoms with E-state index in [1.54, 1.807) is 30.3 Å². The maximum absolute atomic E-state index is 11.9. The van der Waals surface area contributed by atoms with Gasteiger partial charge in [0.2, 0.25) is 5.88 Å². The molecular formula is C17H15N3O5. The third-order valence-corrected chi connectivity index (χ3v) is 3.30. The summed E-state index contributed by atoms with van der Waals surface area (Å²) in [6.07, 6.45) is 1.52. The number of rotatable bonds is 6. The molecule has 8 heteroatoms. The van der Waals surface area contributed by atoms with E-state index >= 15 is 0 Å². The Bertz CT molecular complexity index is 864. The van der Waals surface area contributed by atoms with Gasteiger partial charge in [-0.25, -0.2) is 9.78 Å². The molecule has 0 N–H and O–H groups in total. The maximum Gasteiger partial charge on any atom is 0.338 e. The highest BCUT2D eigenvalue weighted by Gasteiger charge is 2.16. The quantitative estimate of drug-likeness (QED) is 0.631. The van der Waals surface area contributed by atoms with Crippen LogP contribution < -0.4 is 9.47 Å². The molecule has 0 saturated carbocycles. The Morgan fingerprint density at radius 1 is 1.16 bits per heavy atom. The van der Waals surface area contributed by atoms with E-state index in [0.29, 0.717) is 28.5 Å². The summed E-state index contributed by atoms with van der Waals surface area (Å²) in [5.41, 5.74) is 1.46. The van der Waals surface area contributed by atoms with Gasteiger partial charge in [0.25, 0.3) is 0 Å². The van der Waals surface area contributed by atoms with Crippen molar-refractivity contribution in [1.82, 2.24) is 15.1 Å². The molecule has 0 spiro atoms. The highest BCUT2D eigenvalue weighted by atomic mass is 16.5. The Hall–Kier alpha value is -3.42. The van der Waals surface area contributed by atoms with E-state index in [0.717, 1.165) is 0 Å². The summed E-state index contributed by atoms with van der Waals surface area (Å²) in [4.78, 5) is 20.0. The molecule has 0 aliphatic carbocycles. The number of carbonyl (C=O) groups excluding carboxylic acids is 1. The number of aromatic nitrogens is 3. The number of hydrogen-bond acceptors (Lipinski definition) is 8. The normalized spacial score (nSPS) is 10.3. The van der Waals surface area contributed by atoms with Crippen LogP contribution in [0.5, 0.6) is 11.9 Å². The van der Waals surface area contributed by atoms with Crippen molar-refractivity contribution in [3.63, 3.8) is 0 Å². The van der Waals surface area contributed by atoms with Gasteiger partial charge >= 0.3 is 12.0 Å². The largest absolute Gasteiger partial charge is 0.480 e. The molecule has 0 unspecified atom stereocenters. The van der Waals surface area contributed by atoms with Gasteiger partial charge in [0.15, 0.2) is 12.4 Å². The molecule has 0 aliphatic heterocycles. The molecule has 0 radical (unpaired) electrons. The summed E-state index contributed by atoms with van der Waals surface area (Å²) in [6, 6.07) is 10.5. The highest BCUT2D eigenvalue weighted by molar-refractivity contribution is 5.89. The Balaban J connectivity index is 1.71. The second-order valence-corrected chi connectivity index (χ2v) is 4.90. The van der Waals surface area contributed by atoms with E-state index < -0.39 is 5.97 Å². The molecule has 0 bridgehead atoms. The molecule has 8 nitrogen and oxygen atoms in total. The average molecular weight is 341 g/mol. The third kappa shape index (κ3) is 3.74. The lowest BCUT2D eigenvalue weighted by Crippen LogP contribution is -2.04. The minimum Gasteiger partial charge on any atom is -0.480 e. The van der Waals surface area contributed by atoms with E-state index in [-0.39, 0.29) is 12.6 Å². The van der Waals surface area contributed by atoms with Crippen molar-refractivity contribution in [3.8, 4) is 23.1 Å². The zero-order valence-electron chi connectivity index (χ0n) is 13.6. The summed E-state index contributed by atoms with van der Waals surface area (Å²) in [5, 5.41) is 3.93. The van der Waals surface area contributed by atoms with Gasteiger partial charge in [-0.2, -0.15) is 4.98 Å². The van der Waals surface area contributed by atoms with Crippen LogP contribution in [0, 0.1) is 0 Å².